The molecule has 3 rings (SSSR count). The maximum Gasteiger partial charge on any atom is 0.269 e. The highest BCUT2D eigenvalue weighted by Gasteiger charge is 2.32. The van der Waals surface area contributed by atoms with Crippen molar-refractivity contribution in [2.24, 2.45) is 0 Å². The van der Waals surface area contributed by atoms with E-state index in [0.29, 0.717) is 18.5 Å². The molecule has 1 fully saturated rings. The second-order valence-corrected chi connectivity index (χ2v) is 6.91. The molecular weight excluding hydrogens is 312 g/mol. The highest BCUT2D eigenvalue weighted by atomic mass is 32.1. The average Bonchev–Trinajstić information content (AvgIpc) is 3.20. The van der Waals surface area contributed by atoms with E-state index >= 15 is 0 Å². The van der Waals surface area contributed by atoms with Crippen LogP contribution in [-0.2, 0) is 4.79 Å². The van der Waals surface area contributed by atoms with E-state index < -0.39 is 0 Å². The maximum atomic E-state index is 12.6. The predicted octanol–water partition coefficient (Wildman–Crippen LogP) is 2.28. The van der Waals surface area contributed by atoms with Gasteiger partial charge < -0.3 is 10.6 Å². The van der Waals surface area contributed by atoms with Crippen LogP contribution in [0.3, 0.4) is 0 Å². The Bertz CT molecular complexity index is 693. The Kier molecular flexibility index (Phi) is 4.47. The summed E-state index contributed by atoms with van der Waals surface area (Å²) in [6.07, 6.45) is 2.69. The third-order valence-electron chi connectivity index (χ3n) is 3.96. The van der Waals surface area contributed by atoms with Gasteiger partial charge in [0.05, 0.1) is 12.1 Å². The van der Waals surface area contributed by atoms with Crippen molar-refractivity contribution in [1.82, 2.24) is 20.4 Å². The molecule has 0 aliphatic carbocycles. The number of thiophene rings is 1. The molecule has 2 amide bonds. The number of amides is 2. The summed E-state index contributed by atoms with van der Waals surface area (Å²) in [4.78, 5) is 25.4. The molecule has 0 unspecified atom stereocenters. The van der Waals surface area contributed by atoms with Crippen molar-refractivity contribution in [3.63, 3.8) is 0 Å². The Morgan fingerprint density at radius 2 is 2.30 bits per heavy atom. The Balaban J connectivity index is 1.78. The van der Waals surface area contributed by atoms with Crippen LogP contribution >= 0.6 is 11.3 Å². The molecule has 6 nitrogen and oxygen atoms in total. The molecule has 2 aromatic heterocycles. The lowest BCUT2D eigenvalue weighted by Gasteiger charge is -2.32. The van der Waals surface area contributed by atoms with E-state index in [1.807, 2.05) is 31.4 Å². The Morgan fingerprint density at radius 1 is 1.48 bits per heavy atom. The van der Waals surface area contributed by atoms with Gasteiger partial charge in [0.25, 0.3) is 5.91 Å². The molecule has 3 heterocycles. The van der Waals surface area contributed by atoms with Crippen molar-refractivity contribution in [2.45, 2.75) is 44.8 Å². The Hall–Kier alpha value is -2.15. The zero-order valence-corrected chi connectivity index (χ0v) is 14.0. The van der Waals surface area contributed by atoms with Gasteiger partial charge in [-0.15, -0.1) is 11.3 Å². The van der Waals surface area contributed by atoms with Crippen LogP contribution in [-0.4, -0.2) is 27.6 Å². The number of rotatable bonds is 4. The zero-order chi connectivity index (χ0) is 16.4. The van der Waals surface area contributed by atoms with Crippen LogP contribution in [0.5, 0.6) is 0 Å². The van der Waals surface area contributed by atoms with Crippen molar-refractivity contribution in [3.8, 4) is 0 Å². The summed E-state index contributed by atoms with van der Waals surface area (Å²) in [5.41, 5.74) is 0.543. The van der Waals surface area contributed by atoms with E-state index in [0.717, 1.165) is 4.88 Å². The van der Waals surface area contributed by atoms with Crippen LogP contribution in [0.1, 0.15) is 54.1 Å². The van der Waals surface area contributed by atoms with Crippen LogP contribution in [0.2, 0.25) is 0 Å². The van der Waals surface area contributed by atoms with Gasteiger partial charge in [-0.3, -0.25) is 14.3 Å². The minimum atomic E-state index is -0.171. The number of nitrogens with one attached hydrogen (secondary N) is 2. The van der Waals surface area contributed by atoms with E-state index in [2.05, 4.69) is 15.7 Å². The third kappa shape index (κ3) is 3.29. The monoisotopic (exact) mass is 332 g/mol. The van der Waals surface area contributed by atoms with Crippen LogP contribution in [0.15, 0.2) is 29.8 Å². The molecule has 0 spiro atoms. The van der Waals surface area contributed by atoms with Gasteiger partial charge in [-0.05, 0) is 37.8 Å². The number of carbonyl (C=O) groups excluding carboxylic acids is 2. The smallest absolute Gasteiger partial charge is 0.269 e. The fourth-order valence-corrected chi connectivity index (χ4v) is 3.68. The number of aromatic nitrogens is 2. The van der Waals surface area contributed by atoms with Gasteiger partial charge in [-0.2, -0.15) is 5.10 Å². The van der Waals surface area contributed by atoms with Crippen molar-refractivity contribution >= 4 is 23.2 Å². The largest absolute Gasteiger partial charge is 0.346 e. The molecule has 0 aromatic carbocycles. The summed E-state index contributed by atoms with van der Waals surface area (Å²) in [7, 11) is 0. The first-order valence-corrected chi connectivity index (χ1v) is 8.61. The van der Waals surface area contributed by atoms with E-state index in [9.17, 15) is 9.59 Å². The fraction of sp³-hybridized carbons (Fsp3) is 0.438. The lowest BCUT2D eigenvalue weighted by Crippen LogP contribution is -2.50. The number of carbonyl (C=O) groups is 2. The van der Waals surface area contributed by atoms with Crippen molar-refractivity contribution < 1.29 is 9.59 Å². The molecule has 2 atom stereocenters. The number of hydrogen-bond acceptors (Lipinski definition) is 4. The first-order chi connectivity index (χ1) is 11.1. The van der Waals surface area contributed by atoms with Gasteiger partial charge in [0, 0.05) is 23.5 Å². The van der Waals surface area contributed by atoms with Gasteiger partial charge in [0.2, 0.25) is 5.91 Å². The minimum absolute atomic E-state index is 0.0288. The second-order valence-electron chi connectivity index (χ2n) is 5.93. The van der Waals surface area contributed by atoms with E-state index in [-0.39, 0.29) is 29.9 Å². The minimum Gasteiger partial charge on any atom is -0.346 e. The van der Waals surface area contributed by atoms with E-state index in [4.69, 9.17) is 0 Å². The highest BCUT2D eigenvalue weighted by molar-refractivity contribution is 7.10. The summed E-state index contributed by atoms with van der Waals surface area (Å²) >= 11 is 1.58. The molecule has 7 heteroatoms. The molecule has 1 saturated heterocycles. The fourth-order valence-electron chi connectivity index (χ4n) is 2.84. The zero-order valence-electron chi connectivity index (χ0n) is 13.2. The lowest BCUT2D eigenvalue weighted by atomic mass is 9.96. The normalized spacial score (nSPS) is 21.3. The van der Waals surface area contributed by atoms with Crippen LogP contribution in [0.25, 0.3) is 0 Å². The average molecular weight is 332 g/mol. The maximum absolute atomic E-state index is 12.6. The number of hydrogen-bond donors (Lipinski definition) is 2. The van der Waals surface area contributed by atoms with E-state index in [1.54, 1.807) is 28.3 Å². The highest BCUT2D eigenvalue weighted by Crippen LogP contribution is 2.27. The summed E-state index contributed by atoms with van der Waals surface area (Å²) in [5.74, 6) is -0.125. The standard InChI is InChI=1S/C16H20N4O2S/c1-10(2)20-12(7-8-17-20)16(22)18-11-5-6-14(21)19-15(11)13-4-3-9-23-13/h3-4,7-11,15H,5-6H2,1-2H3,(H,18,22)(H,19,21)/t11-,15-/m1/s1. The third-order valence-corrected chi connectivity index (χ3v) is 4.91. The summed E-state index contributed by atoms with van der Waals surface area (Å²) in [5, 5.41) is 12.2. The van der Waals surface area contributed by atoms with E-state index in [1.165, 1.54) is 0 Å². The molecule has 23 heavy (non-hydrogen) atoms. The molecule has 0 radical (unpaired) electrons. The second kappa shape index (κ2) is 6.54. The quantitative estimate of drug-likeness (QED) is 0.902. The lowest BCUT2D eigenvalue weighted by molar-refractivity contribution is -0.123. The van der Waals surface area contributed by atoms with Gasteiger partial charge in [-0.25, -0.2) is 0 Å². The van der Waals surface area contributed by atoms with Crippen molar-refractivity contribution in [2.75, 3.05) is 0 Å². The van der Waals surface area contributed by atoms with Crippen LogP contribution in [0, 0.1) is 0 Å². The molecule has 0 bridgehead atoms. The van der Waals surface area contributed by atoms with Crippen molar-refractivity contribution in [3.05, 3.63) is 40.3 Å². The van der Waals surface area contributed by atoms with Gasteiger partial charge in [0.1, 0.15) is 5.69 Å². The summed E-state index contributed by atoms with van der Waals surface area (Å²) in [6.45, 7) is 3.97. The topological polar surface area (TPSA) is 76.0 Å². The Labute approximate surface area is 138 Å². The molecule has 2 N–H and O–H groups in total. The molecule has 2 aromatic rings. The molecule has 1 aliphatic heterocycles. The summed E-state index contributed by atoms with van der Waals surface area (Å²) in [6, 6.07) is 5.48. The van der Waals surface area contributed by atoms with Gasteiger partial charge in [-0.1, -0.05) is 6.07 Å². The van der Waals surface area contributed by atoms with Crippen molar-refractivity contribution in [1.29, 1.82) is 0 Å². The molecular formula is C16H20N4O2S. The molecule has 0 saturated carbocycles. The molecule has 1 aliphatic rings. The van der Waals surface area contributed by atoms with Crippen LogP contribution < -0.4 is 10.6 Å². The Morgan fingerprint density at radius 3 is 3.00 bits per heavy atom. The first-order valence-electron chi connectivity index (χ1n) is 7.73. The SMILES string of the molecule is CC(C)n1nccc1C(=O)N[C@@H]1CCC(=O)N[C@H]1c1cccs1. The predicted molar refractivity (Wildman–Crippen MR) is 88.3 cm³/mol. The molecule has 122 valence electrons. The van der Waals surface area contributed by atoms with Crippen LogP contribution in [0.4, 0.5) is 0 Å². The first kappa shape index (κ1) is 15.7. The number of nitrogens with zero attached hydrogens (tertiary/aromatic N) is 2. The van der Waals surface area contributed by atoms with Gasteiger partial charge in [0.15, 0.2) is 0 Å². The van der Waals surface area contributed by atoms with Gasteiger partial charge >= 0.3 is 0 Å². The number of piperidine rings is 1. The summed E-state index contributed by atoms with van der Waals surface area (Å²) < 4.78 is 1.71.